The van der Waals surface area contributed by atoms with Crippen molar-refractivity contribution in [3.8, 4) is 0 Å². The molecule has 0 heterocycles. The SMILES string of the molecule is CCCCCCCCC/C=C\CCCCCCCN=[N+]=[N-]. The zero-order valence-corrected chi connectivity index (χ0v) is 14.1. The third-order valence-electron chi connectivity index (χ3n) is 3.83. The van der Waals surface area contributed by atoms with Crippen LogP contribution in [-0.4, -0.2) is 6.54 Å². The normalized spacial score (nSPS) is 10.9. The van der Waals surface area contributed by atoms with E-state index in [9.17, 15) is 0 Å². The van der Waals surface area contributed by atoms with Gasteiger partial charge in [0.05, 0.1) is 0 Å². The quantitative estimate of drug-likeness (QED) is 0.0939. The van der Waals surface area contributed by atoms with Crippen molar-refractivity contribution in [1.82, 2.24) is 0 Å². The molecular weight excluding hydrogens is 258 g/mol. The number of azide groups is 1. The number of rotatable bonds is 16. The van der Waals surface area contributed by atoms with Gasteiger partial charge >= 0.3 is 0 Å². The predicted molar refractivity (Wildman–Crippen MR) is 93.5 cm³/mol. The maximum Gasteiger partial charge on any atom is 0.0257 e. The monoisotopic (exact) mass is 293 g/mol. The van der Waals surface area contributed by atoms with Gasteiger partial charge in [-0.05, 0) is 37.6 Å². The molecule has 0 atom stereocenters. The van der Waals surface area contributed by atoms with Crippen molar-refractivity contribution >= 4 is 0 Å². The lowest BCUT2D eigenvalue weighted by Gasteiger charge is -1.99. The average molecular weight is 293 g/mol. The molecule has 0 spiro atoms. The number of hydrogen-bond donors (Lipinski definition) is 0. The Morgan fingerprint density at radius 1 is 0.714 bits per heavy atom. The van der Waals surface area contributed by atoms with E-state index in [1.165, 1.54) is 83.5 Å². The van der Waals surface area contributed by atoms with Crippen LogP contribution >= 0.6 is 0 Å². The molecule has 0 aromatic carbocycles. The molecule has 0 rings (SSSR count). The van der Waals surface area contributed by atoms with Crippen molar-refractivity contribution in [3.05, 3.63) is 22.6 Å². The Morgan fingerprint density at radius 3 is 1.71 bits per heavy atom. The van der Waals surface area contributed by atoms with Gasteiger partial charge in [0.2, 0.25) is 0 Å². The number of unbranched alkanes of at least 4 members (excludes halogenated alkanes) is 12. The first-order chi connectivity index (χ1) is 10.4. The minimum Gasteiger partial charge on any atom is -0.0940 e. The molecule has 0 bridgehead atoms. The lowest BCUT2D eigenvalue weighted by Crippen LogP contribution is -1.81. The molecule has 0 aromatic heterocycles. The lowest BCUT2D eigenvalue weighted by molar-refractivity contribution is 0.591. The summed E-state index contributed by atoms with van der Waals surface area (Å²) in [7, 11) is 0. The second-order valence-corrected chi connectivity index (χ2v) is 5.89. The van der Waals surface area contributed by atoms with Crippen molar-refractivity contribution in [2.45, 2.75) is 96.8 Å². The van der Waals surface area contributed by atoms with E-state index in [2.05, 4.69) is 29.1 Å². The molecule has 0 saturated heterocycles. The summed E-state index contributed by atoms with van der Waals surface area (Å²) in [5, 5.41) is 3.54. The Hall–Kier alpha value is -0.950. The van der Waals surface area contributed by atoms with Crippen molar-refractivity contribution in [2.24, 2.45) is 5.11 Å². The molecule has 0 aromatic rings. The van der Waals surface area contributed by atoms with Gasteiger partial charge < -0.3 is 0 Å². The minimum atomic E-state index is 0.662. The molecule has 21 heavy (non-hydrogen) atoms. The Labute approximate surface area is 131 Å². The topological polar surface area (TPSA) is 48.8 Å². The summed E-state index contributed by atoms with van der Waals surface area (Å²) in [6.45, 7) is 2.93. The molecule has 0 aliphatic heterocycles. The van der Waals surface area contributed by atoms with Crippen molar-refractivity contribution in [3.63, 3.8) is 0 Å². The fourth-order valence-electron chi connectivity index (χ4n) is 2.47. The van der Waals surface area contributed by atoms with E-state index >= 15 is 0 Å². The van der Waals surface area contributed by atoms with Crippen LogP contribution in [0.5, 0.6) is 0 Å². The molecule has 0 amide bonds. The largest absolute Gasteiger partial charge is 0.0940 e. The maximum atomic E-state index is 8.14. The zero-order valence-electron chi connectivity index (χ0n) is 14.1. The minimum absolute atomic E-state index is 0.662. The standard InChI is InChI=1S/C18H35N3/c1-2-3-4-5-6-7-8-9-10-11-12-13-14-15-16-17-18-20-21-19/h10-11H,2-9,12-18H2,1H3/b11-10-. The summed E-state index contributed by atoms with van der Waals surface area (Å²) in [5.41, 5.74) is 8.14. The molecule has 122 valence electrons. The van der Waals surface area contributed by atoms with Gasteiger partial charge in [0.25, 0.3) is 0 Å². The van der Waals surface area contributed by atoms with E-state index in [0.29, 0.717) is 6.54 Å². The third kappa shape index (κ3) is 19.0. The highest BCUT2D eigenvalue weighted by molar-refractivity contribution is 4.81. The molecule has 0 aliphatic rings. The summed E-state index contributed by atoms with van der Waals surface area (Å²) in [6, 6.07) is 0. The molecule has 0 radical (unpaired) electrons. The Balaban J connectivity index is 3.07. The van der Waals surface area contributed by atoms with E-state index in [1.807, 2.05) is 0 Å². The van der Waals surface area contributed by atoms with Gasteiger partial charge in [0.1, 0.15) is 0 Å². The second kappa shape index (κ2) is 19.1. The second-order valence-electron chi connectivity index (χ2n) is 5.89. The molecule has 0 aliphatic carbocycles. The van der Waals surface area contributed by atoms with Crippen molar-refractivity contribution in [2.75, 3.05) is 6.54 Å². The van der Waals surface area contributed by atoms with Gasteiger partial charge in [-0.1, -0.05) is 82.0 Å². The average Bonchev–Trinajstić information content (AvgIpc) is 2.50. The molecule has 0 saturated carbocycles. The molecule has 3 nitrogen and oxygen atoms in total. The van der Waals surface area contributed by atoms with Gasteiger partial charge in [-0.25, -0.2) is 0 Å². The molecule has 0 fully saturated rings. The summed E-state index contributed by atoms with van der Waals surface area (Å²) < 4.78 is 0. The molecule has 3 heteroatoms. The van der Waals surface area contributed by atoms with E-state index in [1.54, 1.807) is 0 Å². The van der Waals surface area contributed by atoms with Crippen molar-refractivity contribution < 1.29 is 0 Å². The summed E-state index contributed by atoms with van der Waals surface area (Å²) in [6.07, 6.45) is 23.1. The molecule has 0 unspecified atom stereocenters. The van der Waals surface area contributed by atoms with E-state index in [-0.39, 0.29) is 0 Å². The van der Waals surface area contributed by atoms with Crippen LogP contribution in [0.25, 0.3) is 10.4 Å². The fraction of sp³-hybridized carbons (Fsp3) is 0.889. The smallest absolute Gasteiger partial charge is 0.0257 e. The van der Waals surface area contributed by atoms with Crippen LogP contribution < -0.4 is 0 Å². The Kier molecular flexibility index (Phi) is 18.2. The van der Waals surface area contributed by atoms with Crippen LogP contribution in [0, 0.1) is 0 Å². The van der Waals surface area contributed by atoms with Crippen molar-refractivity contribution in [1.29, 1.82) is 0 Å². The third-order valence-corrected chi connectivity index (χ3v) is 3.83. The van der Waals surface area contributed by atoms with Gasteiger partial charge in [-0.15, -0.1) is 0 Å². The first-order valence-electron chi connectivity index (χ1n) is 9.07. The van der Waals surface area contributed by atoms with E-state index in [4.69, 9.17) is 5.53 Å². The summed E-state index contributed by atoms with van der Waals surface area (Å²) in [4.78, 5) is 2.76. The molecular formula is C18H35N3. The van der Waals surface area contributed by atoms with Crippen LogP contribution in [0.1, 0.15) is 96.8 Å². The highest BCUT2D eigenvalue weighted by atomic mass is 15.1. The Morgan fingerprint density at radius 2 is 1.19 bits per heavy atom. The fourth-order valence-corrected chi connectivity index (χ4v) is 2.47. The first kappa shape index (κ1) is 20.1. The first-order valence-corrected chi connectivity index (χ1v) is 9.07. The highest BCUT2D eigenvalue weighted by Crippen LogP contribution is 2.10. The van der Waals surface area contributed by atoms with Crippen LogP contribution in [0.4, 0.5) is 0 Å². The van der Waals surface area contributed by atoms with E-state index in [0.717, 1.165) is 6.42 Å². The molecule has 0 N–H and O–H groups in total. The number of hydrogen-bond acceptors (Lipinski definition) is 1. The Bertz CT molecular complexity index is 268. The summed E-state index contributed by atoms with van der Waals surface area (Å²) in [5.74, 6) is 0. The highest BCUT2D eigenvalue weighted by Gasteiger charge is 1.90. The number of nitrogens with zero attached hydrogens (tertiary/aromatic N) is 3. The lowest BCUT2D eigenvalue weighted by atomic mass is 10.1. The van der Waals surface area contributed by atoms with Gasteiger partial charge in [0, 0.05) is 11.5 Å². The van der Waals surface area contributed by atoms with Gasteiger partial charge in [-0.3, -0.25) is 0 Å². The number of allylic oxidation sites excluding steroid dienone is 2. The van der Waals surface area contributed by atoms with Gasteiger partial charge in [0.15, 0.2) is 0 Å². The van der Waals surface area contributed by atoms with Crippen LogP contribution in [0.15, 0.2) is 17.3 Å². The van der Waals surface area contributed by atoms with Crippen LogP contribution in [-0.2, 0) is 0 Å². The van der Waals surface area contributed by atoms with Gasteiger partial charge in [-0.2, -0.15) is 0 Å². The predicted octanol–water partition coefficient (Wildman–Crippen LogP) is 7.33. The zero-order chi connectivity index (χ0) is 15.4. The van der Waals surface area contributed by atoms with Crippen LogP contribution in [0.2, 0.25) is 0 Å². The van der Waals surface area contributed by atoms with Crippen LogP contribution in [0.3, 0.4) is 0 Å². The van der Waals surface area contributed by atoms with E-state index < -0.39 is 0 Å². The summed E-state index contributed by atoms with van der Waals surface area (Å²) >= 11 is 0. The maximum absolute atomic E-state index is 8.14.